The average molecular weight is 636 g/mol. The van der Waals surface area contributed by atoms with E-state index < -0.39 is 0 Å². The third-order valence-electron chi connectivity index (χ3n) is 6.08. The number of aryl methyl sites for hydroxylation is 1. The number of benzene rings is 3. The van der Waals surface area contributed by atoms with Crippen LogP contribution in [0.25, 0.3) is 43.6 Å². The van der Waals surface area contributed by atoms with E-state index in [2.05, 4.69) is 116 Å². The van der Waals surface area contributed by atoms with Gasteiger partial charge in [0.25, 0.3) is 0 Å². The van der Waals surface area contributed by atoms with Crippen molar-refractivity contribution in [2.45, 2.75) is 26.2 Å². The van der Waals surface area contributed by atoms with Crippen molar-refractivity contribution < 1.29 is 23.3 Å². The third-order valence-corrected chi connectivity index (χ3v) is 6.08. The zero-order valence-corrected chi connectivity index (χ0v) is 27.4. The third kappa shape index (κ3) is 8.75. The Kier molecular flexibility index (Phi) is 17.3. The summed E-state index contributed by atoms with van der Waals surface area (Å²) in [6.07, 6.45) is 5.66. The van der Waals surface area contributed by atoms with Gasteiger partial charge in [0, 0.05) is 11.6 Å². The van der Waals surface area contributed by atoms with Crippen LogP contribution in [0.4, 0.5) is 0 Å². The zero-order valence-electron chi connectivity index (χ0n) is 22.3. The van der Waals surface area contributed by atoms with Crippen LogP contribution >= 0.6 is 24.8 Å². The predicted molar refractivity (Wildman–Crippen MR) is 172 cm³/mol. The van der Waals surface area contributed by atoms with Crippen LogP contribution in [0, 0.1) is 14.9 Å². The van der Waals surface area contributed by atoms with E-state index in [4.69, 9.17) is 0 Å². The molecule has 0 N–H and O–H groups in total. The summed E-state index contributed by atoms with van der Waals surface area (Å²) in [5.74, 6) is 0. The molecule has 1 heterocycles. The molecule has 1 aromatic heterocycles. The van der Waals surface area contributed by atoms with Crippen molar-refractivity contribution in [1.82, 2.24) is 4.98 Å². The van der Waals surface area contributed by atoms with E-state index in [1.165, 1.54) is 86.2 Å². The van der Waals surface area contributed by atoms with Crippen LogP contribution in [0.3, 0.4) is 0 Å². The molecule has 38 heavy (non-hydrogen) atoms. The van der Waals surface area contributed by atoms with E-state index in [1.807, 2.05) is 12.3 Å². The molecule has 0 saturated carbocycles. The van der Waals surface area contributed by atoms with Crippen molar-refractivity contribution >= 4 is 64.1 Å². The summed E-state index contributed by atoms with van der Waals surface area (Å²) in [7, 11) is 0. The molecule has 6 rings (SSSR count). The van der Waals surface area contributed by atoms with Gasteiger partial charge in [0.05, 0.1) is 5.52 Å². The summed E-state index contributed by atoms with van der Waals surface area (Å²) in [4.78, 5) is 4.62. The van der Waals surface area contributed by atoms with Gasteiger partial charge >= 0.3 is 30.2 Å². The first-order valence-corrected chi connectivity index (χ1v) is 15.9. The predicted octanol–water partition coefficient (Wildman–Crippen LogP) is 10.0. The molecule has 0 aliphatic heterocycles. The first-order chi connectivity index (χ1) is 16.8. The Morgan fingerprint density at radius 1 is 0.789 bits per heavy atom. The molecule has 0 spiro atoms. The molecule has 0 bridgehead atoms. The first kappa shape index (κ1) is 36.0. The number of para-hydroxylation sites is 1. The molecule has 0 atom stereocenters. The van der Waals surface area contributed by atoms with Crippen LogP contribution in [0.1, 0.15) is 25.3 Å². The normalized spacial score (nSPS) is 9.37. The number of rotatable bonds is 4. The van der Waals surface area contributed by atoms with E-state index in [0.29, 0.717) is 0 Å². The van der Waals surface area contributed by atoms with Gasteiger partial charge in [0.1, 0.15) is 0 Å². The van der Waals surface area contributed by atoms with Crippen LogP contribution in [0.5, 0.6) is 0 Å². The van der Waals surface area contributed by atoms with Crippen molar-refractivity contribution in [3.8, 4) is 11.1 Å². The van der Waals surface area contributed by atoms with Gasteiger partial charge in [-0.15, -0.1) is 89.0 Å². The Labute approximate surface area is 257 Å². The van der Waals surface area contributed by atoms with E-state index in [9.17, 15) is 0 Å². The molecule has 0 aliphatic rings. The maximum Gasteiger partial charge on any atom is -0.0809 e. The molecule has 6 aromatic rings. The minimum absolute atomic E-state index is 0. The minimum atomic E-state index is 0. The Balaban J connectivity index is 0.000000779. The van der Waals surface area contributed by atoms with Gasteiger partial charge < -0.3 is 14.9 Å². The first-order valence-electron chi connectivity index (χ1n) is 11.7. The van der Waals surface area contributed by atoms with Gasteiger partial charge in [-0.05, 0) is 24.1 Å². The van der Waals surface area contributed by atoms with Crippen molar-refractivity contribution in [2.24, 2.45) is 0 Å². The van der Waals surface area contributed by atoms with Gasteiger partial charge in [-0.25, -0.2) is 0 Å². The van der Waals surface area contributed by atoms with E-state index in [1.54, 1.807) is 0 Å². The Morgan fingerprint density at radius 3 is 2.21 bits per heavy atom. The van der Waals surface area contributed by atoms with Crippen LogP contribution in [0.2, 0.25) is 0 Å². The quantitative estimate of drug-likeness (QED) is 0.139. The number of aromatic nitrogens is 1. The molecular formula is C33H35Cl2NSiZr-4. The van der Waals surface area contributed by atoms with Crippen LogP contribution < -0.4 is 0 Å². The van der Waals surface area contributed by atoms with E-state index in [-0.39, 0.29) is 39.7 Å². The van der Waals surface area contributed by atoms with Crippen molar-refractivity contribution in [1.29, 1.82) is 0 Å². The fraction of sp³-hybridized carbons (Fsp3) is 0.121. The van der Waals surface area contributed by atoms with Gasteiger partial charge in [-0.3, -0.25) is 4.98 Å². The van der Waals surface area contributed by atoms with E-state index in [0.717, 1.165) is 5.52 Å². The Morgan fingerprint density at radius 2 is 1.47 bits per heavy atom. The van der Waals surface area contributed by atoms with Gasteiger partial charge in [-0.2, -0.15) is 23.6 Å². The largest absolute Gasteiger partial charge is 0.168 e. The van der Waals surface area contributed by atoms with Crippen LogP contribution in [-0.4, -0.2) is 11.9 Å². The van der Waals surface area contributed by atoms with Crippen molar-refractivity contribution in [3.63, 3.8) is 0 Å². The summed E-state index contributed by atoms with van der Waals surface area (Å²) < 4.78 is 0. The Hall–Kier alpha value is -2.03. The number of nitrogens with zero attached hydrogens (tertiary/aromatic N) is 1. The maximum absolute atomic E-state index is 4.62. The summed E-state index contributed by atoms with van der Waals surface area (Å²) >= 11 is 1.36. The van der Waals surface area contributed by atoms with E-state index >= 15 is 0 Å². The molecule has 0 unspecified atom stereocenters. The number of halogens is 2. The second kappa shape index (κ2) is 18.3. The number of hydrogen-bond donors (Lipinski definition) is 0. The molecule has 0 aliphatic carbocycles. The number of pyridine rings is 1. The fourth-order valence-electron chi connectivity index (χ4n) is 4.36. The van der Waals surface area contributed by atoms with Crippen molar-refractivity contribution in [2.75, 3.05) is 0 Å². The molecule has 2 radical (unpaired) electrons. The molecule has 0 fully saturated rings. The molecular weight excluding hydrogens is 601 g/mol. The molecule has 1 nitrogen and oxygen atoms in total. The summed E-state index contributed by atoms with van der Waals surface area (Å²) in [6, 6.07) is 36.5. The Bertz CT molecular complexity index is 1480. The standard InChI is InChI=1S/C22H20N.C9H7.2CH3.2ClH.Si.Zr/c1-2-3-7-16-12-17-9-6-10-20(21(17)13-16)19-14-18-8-4-5-11-22(18)23-15-19;1-2-5-9-7-3-6-8(9)4-1;;;;;;/h4-6,8-15H,2-3,7H2,1H3;1-7H;2*1H3;2*1H;;/q4*-1;;;;. The molecule has 0 amide bonds. The molecule has 0 saturated heterocycles. The number of fused-ring (bicyclic) bond motifs is 3. The summed E-state index contributed by atoms with van der Waals surface area (Å²) in [5.41, 5.74) is 4.98. The molecule has 5 heteroatoms. The molecule has 5 aromatic carbocycles. The summed E-state index contributed by atoms with van der Waals surface area (Å²) in [6.45, 7) is 5.31. The number of hydrogen-bond acceptors (Lipinski definition) is 1. The number of unbranched alkanes of at least 4 members (excludes halogenated alkanes) is 1. The monoisotopic (exact) mass is 633 g/mol. The fourth-order valence-corrected chi connectivity index (χ4v) is 4.36. The average Bonchev–Trinajstić information content (AvgIpc) is 3.55. The van der Waals surface area contributed by atoms with Gasteiger partial charge in [-0.1, -0.05) is 55.7 Å². The topological polar surface area (TPSA) is 12.9 Å². The zero-order chi connectivity index (χ0) is 23.8. The minimum Gasteiger partial charge on any atom is -0.168 e. The second-order valence-corrected chi connectivity index (χ2v) is 8.35. The van der Waals surface area contributed by atoms with Gasteiger partial charge in [0.2, 0.25) is 0 Å². The van der Waals surface area contributed by atoms with Crippen LogP contribution in [0.15, 0.2) is 109 Å². The molecule has 198 valence electrons. The summed E-state index contributed by atoms with van der Waals surface area (Å²) in [5, 5.41) is 6.53. The second-order valence-electron chi connectivity index (χ2n) is 8.35. The maximum atomic E-state index is 4.62. The van der Waals surface area contributed by atoms with Gasteiger partial charge in [0.15, 0.2) is 0 Å². The smallest absolute Gasteiger partial charge is 0.0809 e. The SMILES string of the molecule is CCCCc1cc2c(-c3cnc4ccccc4c3)cccc2[cH-]1.Cl.Cl.[CH3-].[CH3-].[Si]=[Zr].c1ccc2[cH-]ccc2c1. The van der Waals surface area contributed by atoms with Crippen LogP contribution in [-0.2, 0) is 29.8 Å². The van der Waals surface area contributed by atoms with Crippen molar-refractivity contribution in [3.05, 3.63) is 130 Å².